The Bertz CT molecular complexity index is 194. The lowest BCUT2D eigenvalue weighted by Gasteiger charge is -2.23. The second-order valence-electron chi connectivity index (χ2n) is 3.02. The molecule has 1 fully saturated rings. The van der Waals surface area contributed by atoms with Crippen molar-refractivity contribution in [3.05, 3.63) is 10.1 Å². The van der Waals surface area contributed by atoms with Crippen molar-refractivity contribution in [2.45, 2.75) is 17.5 Å². The summed E-state index contributed by atoms with van der Waals surface area (Å²) in [4.78, 5) is 9.82. The Morgan fingerprint density at radius 3 is 2.20 bits per heavy atom. The van der Waals surface area contributed by atoms with E-state index in [1.54, 1.807) is 0 Å². The molecule has 0 aromatic carbocycles. The van der Waals surface area contributed by atoms with E-state index >= 15 is 0 Å². The third kappa shape index (κ3) is 6.00. The number of aliphatic hydroxyl groups excluding tert-OH is 2. The lowest BCUT2D eigenvalue weighted by atomic mass is 10.3. The number of ether oxygens (including phenoxy) is 2. The molecule has 0 bridgehead atoms. The Balaban J connectivity index is 0.000000336. The summed E-state index contributed by atoms with van der Waals surface area (Å²) in [5.41, 5.74) is 0. The molecule has 7 nitrogen and oxygen atoms in total. The molecule has 0 aromatic rings. The summed E-state index contributed by atoms with van der Waals surface area (Å²) >= 11 is 2.91. The number of hydrogen-bond acceptors (Lipinski definition) is 6. The van der Waals surface area contributed by atoms with Crippen molar-refractivity contribution < 1.29 is 24.6 Å². The average Bonchev–Trinajstić information content (AvgIpc) is 2.19. The molecule has 8 heteroatoms. The highest BCUT2D eigenvalue weighted by Gasteiger charge is 2.43. The molecule has 1 unspecified atom stereocenters. The molecule has 1 atom stereocenters. The zero-order valence-corrected chi connectivity index (χ0v) is 9.84. The number of nitro groups is 1. The van der Waals surface area contributed by atoms with E-state index in [0.717, 1.165) is 0 Å². The molecule has 1 heterocycles. The van der Waals surface area contributed by atoms with Crippen LogP contribution < -0.4 is 0 Å². The second-order valence-corrected chi connectivity index (χ2v) is 4.50. The first kappa shape index (κ1) is 14.7. The van der Waals surface area contributed by atoms with Crippen LogP contribution in [0.15, 0.2) is 0 Å². The first-order chi connectivity index (χ1) is 6.92. The summed E-state index contributed by atoms with van der Waals surface area (Å²) in [6, 6.07) is 0. The normalized spacial score (nSPS) is 21.1. The van der Waals surface area contributed by atoms with Crippen molar-refractivity contribution in [3.63, 3.8) is 0 Å². The van der Waals surface area contributed by atoms with Crippen molar-refractivity contribution in [1.29, 1.82) is 0 Å². The topological polar surface area (TPSA) is 102 Å². The number of alkyl halides is 1. The number of rotatable bonds is 2. The zero-order valence-electron chi connectivity index (χ0n) is 8.26. The van der Waals surface area contributed by atoms with Crippen molar-refractivity contribution in [2.75, 3.05) is 26.6 Å². The van der Waals surface area contributed by atoms with Crippen LogP contribution in [0.5, 0.6) is 0 Å². The highest BCUT2D eigenvalue weighted by atomic mass is 79.9. The molecule has 1 rings (SSSR count). The minimum Gasteiger partial charge on any atom is -0.394 e. The Labute approximate surface area is 95.3 Å². The zero-order chi connectivity index (χ0) is 11.9. The van der Waals surface area contributed by atoms with Crippen LogP contribution >= 0.6 is 15.9 Å². The van der Waals surface area contributed by atoms with Crippen LogP contribution in [0.25, 0.3) is 0 Å². The van der Waals surface area contributed by atoms with Crippen molar-refractivity contribution in [1.82, 2.24) is 0 Å². The van der Waals surface area contributed by atoms with Crippen molar-refractivity contribution >= 4 is 15.9 Å². The smallest absolute Gasteiger partial charge is 0.320 e. The lowest BCUT2D eigenvalue weighted by Crippen LogP contribution is -2.45. The predicted octanol–water partition coefficient (Wildman–Crippen LogP) is -0.282. The first-order valence-corrected chi connectivity index (χ1v) is 4.99. The van der Waals surface area contributed by atoms with E-state index in [-0.39, 0.29) is 26.6 Å². The van der Waals surface area contributed by atoms with Gasteiger partial charge in [0.1, 0.15) is 20.0 Å². The van der Waals surface area contributed by atoms with Gasteiger partial charge in [0.05, 0.1) is 12.7 Å². The molecule has 1 saturated heterocycles. The van der Waals surface area contributed by atoms with Gasteiger partial charge in [0.2, 0.25) is 0 Å². The maximum Gasteiger partial charge on any atom is 0.320 e. The second kappa shape index (κ2) is 7.07. The van der Waals surface area contributed by atoms with Gasteiger partial charge < -0.3 is 19.7 Å². The quantitative estimate of drug-likeness (QED) is 0.313. The van der Waals surface area contributed by atoms with Gasteiger partial charge in [-0.3, -0.25) is 10.1 Å². The maximum atomic E-state index is 10.3. The molecule has 0 aliphatic carbocycles. The van der Waals surface area contributed by atoms with Gasteiger partial charge >= 0.3 is 4.45 Å². The maximum absolute atomic E-state index is 10.3. The average molecular weight is 288 g/mol. The highest BCUT2D eigenvalue weighted by molar-refractivity contribution is 9.10. The molecule has 90 valence electrons. The van der Waals surface area contributed by atoms with Gasteiger partial charge in [-0.15, -0.1) is 0 Å². The first-order valence-electron chi connectivity index (χ1n) is 4.20. The Kier molecular flexibility index (Phi) is 6.94. The van der Waals surface area contributed by atoms with Crippen molar-refractivity contribution in [3.8, 4) is 0 Å². The molecule has 1 aliphatic rings. The number of halogens is 1. The molecular formula is C7H14BrNO6. The number of hydrogen-bond donors (Lipinski definition) is 2. The van der Waals surface area contributed by atoms with Gasteiger partial charge in [-0.1, -0.05) is 0 Å². The SMILES string of the molecule is CC(O)CO.O=[N+]([O-])C1(Br)COCOC1. The van der Waals surface area contributed by atoms with Crippen LogP contribution in [-0.4, -0.2) is 52.3 Å². The summed E-state index contributed by atoms with van der Waals surface area (Å²) in [5.74, 6) is 0. The Morgan fingerprint density at radius 1 is 1.60 bits per heavy atom. The lowest BCUT2D eigenvalue weighted by molar-refractivity contribution is -0.552. The Hall–Kier alpha value is -0.280. The van der Waals surface area contributed by atoms with E-state index in [1.165, 1.54) is 6.92 Å². The number of aliphatic hydroxyl groups is 2. The minimum absolute atomic E-state index is 0.0556. The van der Waals surface area contributed by atoms with Gasteiger partial charge in [0.25, 0.3) is 0 Å². The van der Waals surface area contributed by atoms with E-state index in [4.69, 9.17) is 19.7 Å². The van der Waals surface area contributed by atoms with Gasteiger partial charge in [0, 0.05) is 20.9 Å². The minimum atomic E-state index is -1.23. The fraction of sp³-hybridized carbons (Fsp3) is 1.00. The fourth-order valence-corrected chi connectivity index (χ4v) is 0.926. The molecule has 0 radical (unpaired) electrons. The summed E-state index contributed by atoms with van der Waals surface area (Å²) in [6.45, 7) is 1.64. The summed E-state index contributed by atoms with van der Waals surface area (Å²) in [7, 11) is 0. The summed E-state index contributed by atoms with van der Waals surface area (Å²) < 4.78 is 8.24. The van der Waals surface area contributed by atoms with E-state index in [9.17, 15) is 10.1 Å². The van der Waals surface area contributed by atoms with Crippen molar-refractivity contribution in [2.24, 2.45) is 0 Å². The van der Waals surface area contributed by atoms with Crippen LogP contribution in [-0.2, 0) is 9.47 Å². The van der Waals surface area contributed by atoms with E-state index < -0.39 is 15.5 Å². The molecule has 15 heavy (non-hydrogen) atoms. The summed E-state index contributed by atoms with van der Waals surface area (Å²) in [6.07, 6.45) is -0.560. The molecule has 0 saturated carbocycles. The van der Waals surface area contributed by atoms with Crippen LogP contribution in [0.3, 0.4) is 0 Å². The molecule has 2 N–H and O–H groups in total. The van der Waals surface area contributed by atoms with Gasteiger partial charge in [-0.25, -0.2) is 0 Å². The Morgan fingerprint density at radius 2 is 2.00 bits per heavy atom. The fourth-order valence-electron chi connectivity index (χ4n) is 0.602. The molecular weight excluding hydrogens is 274 g/mol. The van der Waals surface area contributed by atoms with E-state index in [0.29, 0.717) is 0 Å². The molecule has 1 aliphatic heterocycles. The van der Waals surface area contributed by atoms with E-state index in [2.05, 4.69) is 15.9 Å². The standard InChI is InChI=1S/C4H6BrNO4.C3H8O2/c5-4(6(7)8)1-9-3-10-2-4;1-3(5)2-4/h1-3H2;3-5H,2H2,1H3. The highest BCUT2D eigenvalue weighted by Crippen LogP contribution is 2.22. The number of nitrogens with zero attached hydrogens (tertiary/aromatic N) is 1. The van der Waals surface area contributed by atoms with E-state index in [1.807, 2.05) is 0 Å². The molecule has 0 spiro atoms. The predicted molar refractivity (Wildman–Crippen MR) is 54.2 cm³/mol. The third-order valence-corrected chi connectivity index (χ3v) is 2.15. The van der Waals surface area contributed by atoms with Gasteiger partial charge in [-0.2, -0.15) is 0 Å². The van der Waals surface area contributed by atoms with Gasteiger partial charge in [-0.05, 0) is 6.92 Å². The molecule has 0 aromatic heterocycles. The van der Waals surface area contributed by atoms with Crippen LogP contribution in [0.4, 0.5) is 0 Å². The van der Waals surface area contributed by atoms with Gasteiger partial charge in [0.15, 0.2) is 0 Å². The van der Waals surface area contributed by atoms with Crippen LogP contribution in [0.2, 0.25) is 0 Å². The molecule has 0 amide bonds. The third-order valence-electron chi connectivity index (χ3n) is 1.40. The largest absolute Gasteiger partial charge is 0.394 e. The summed E-state index contributed by atoms with van der Waals surface area (Å²) in [5, 5.41) is 26.3. The monoisotopic (exact) mass is 287 g/mol. The van der Waals surface area contributed by atoms with Crippen LogP contribution in [0, 0.1) is 10.1 Å². The van der Waals surface area contributed by atoms with Crippen LogP contribution in [0.1, 0.15) is 6.92 Å².